The van der Waals surface area contributed by atoms with Crippen molar-refractivity contribution in [3.8, 4) is 5.75 Å². The van der Waals surface area contributed by atoms with E-state index >= 15 is 0 Å². The Kier molecular flexibility index (Phi) is 3.49. The average molecular weight is 267 g/mol. The number of rotatable bonds is 4. The zero-order valence-electron chi connectivity index (χ0n) is 12.1. The third kappa shape index (κ3) is 2.70. The van der Waals surface area contributed by atoms with Crippen LogP contribution in [0.15, 0.2) is 42.5 Å². The summed E-state index contributed by atoms with van der Waals surface area (Å²) in [6.45, 7) is 4.26. The van der Waals surface area contributed by atoms with Crippen molar-refractivity contribution in [2.45, 2.75) is 38.8 Å². The molecule has 2 aromatic carbocycles. The Balaban J connectivity index is 1.82. The van der Waals surface area contributed by atoms with Crippen LogP contribution in [-0.4, -0.2) is 6.10 Å². The van der Waals surface area contributed by atoms with E-state index in [0.29, 0.717) is 6.10 Å². The summed E-state index contributed by atoms with van der Waals surface area (Å²) in [4.78, 5) is 0. The summed E-state index contributed by atoms with van der Waals surface area (Å²) in [5.74, 6) is 0.949. The summed E-state index contributed by atoms with van der Waals surface area (Å²) in [5, 5.41) is 0. The molecule has 0 spiro atoms. The maximum Gasteiger partial charge on any atom is 0.119 e. The van der Waals surface area contributed by atoms with E-state index < -0.39 is 0 Å². The summed E-state index contributed by atoms with van der Waals surface area (Å²) in [7, 11) is 0. The van der Waals surface area contributed by atoms with E-state index in [1.165, 1.54) is 29.5 Å². The highest BCUT2D eigenvalue weighted by Gasteiger charge is 2.23. The summed E-state index contributed by atoms with van der Waals surface area (Å²) in [6.07, 6.45) is 2.81. The van der Waals surface area contributed by atoms with E-state index in [1.54, 1.807) is 0 Å². The normalized spacial score (nSPS) is 15.9. The molecule has 2 nitrogen and oxygen atoms in total. The molecule has 104 valence electrons. The second kappa shape index (κ2) is 5.29. The molecule has 0 bridgehead atoms. The highest BCUT2D eigenvalue weighted by atomic mass is 16.5. The molecule has 2 aromatic rings. The van der Waals surface area contributed by atoms with Gasteiger partial charge in [-0.1, -0.05) is 30.3 Å². The molecule has 0 saturated heterocycles. The van der Waals surface area contributed by atoms with Gasteiger partial charge < -0.3 is 10.5 Å². The molecular weight excluding hydrogens is 246 g/mol. The first kappa shape index (κ1) is 13.2. The first-order chi connectivity index (χ1) is 9.65. The van der Waals surface area contributed by atoms with Crippen molar-refractivity contribution in [2.24, 2.45) is 5.73 Å². The summed E-state index contributed by atoms with van der Waals surface area (Å²) >= 11 is 0. The Bertz CT molecular complexity index is 599. The smallest absolute Gasteiger partial charge is 0.119 e. The predicted molar refractivity (Wildman–Crippen MR) is 82.0 cm³/mol. The van der Waals surface area contributed by atoms with Gasteiger partial charge in [-0.05, 0) is 61.1 Å². The molecule has 1 unspecified atom stereocenters. The molecule has 2 N–H and O–H groups in total. The Morgan fingerprint density at radius 2 is 1.75 bits per heavy atom. The number of hydrogen-bond acceptors (Lipinski definition) is 2. The fourth-order valence-corrected chi connectivity index (χ4v) is 2.42. The van der Waals surface area contributed by atoms with Crippen molar-refractivity contribution in [3.05, 3.63) is 64.7 Å². The van der Waals surface area contributed by atoms with Crippen molar-refractivity contribution in [2.75, 3.05) is 0 Å². The fourth-order valence-electron chi connectivity index (χ4n) is 2.42. The third-order valence-electron chi connectivity index (χ3n) is 4.05. The molecule has 1 aliphatic carbocycles. The van der Waals surface area contributed by atoms with Crippen molar-refractivity contribution in [3.63, 3.8) is 0 Å². The van der Waals surface area contributed by atoms with Gasteiger partial charge in [0.25, 0.3) is 0 Å². The molecular formula is C18H21NO. The Labute approximate surface area is 120 Å². The molecule has 0 heterocycles. The van der Waals surface area contributed by atoms with E-state index in [1.807, 2.05) is 12.1 Å². The van der Waals surface area contributed by atoms with Crippen LogP contribution in [0.4, 0.5) is 0 Å². The van der Waals surface area contributed by atoms with Crippen molar-refractivity contribution in [1.29, 1.82) is 0 Å². The van der Waals surface area contributed by atoms with Gasteiger partial charge in [-0.25, -0.2) is 0 Å². The number of ether oxygens (including phenoxy) is 1. The van der Waals surface area contributed by atoms with Crippen molar-refractivity contribution >= 4 is 0 Å². The quantitative estimate of drug-likeness (QED) is 0.912. The van der Waals surface area contributed by atoms with E-state index in [-0.39, 0.29) is 6.04 Å². The van der Waals surface area contributed by atoms with Gasteiger partial charge in [-0.3, -0.25) is 0 Å². The van der Waals surface area contributed by atoms with Crippen LogP contribution in [-0.2, 0) is 0 Å². The van der Waals surface area contributed by atoms with Gasteiger partial charge in [0.05, 0.1) is 12.1 Å². The summed E-state index contributed by atoms with van der Waals surface area (Å²) in [6, 6.07) is 14.4. The fraction of sp³-hybridized carbons (Fsp3) is 0.333. The molecule has 0 radical (unpaired) electrons. The topological polar surface area (TPSA) is 35.2 Å². The molecule has 0 aromatic heterocycles. The van der Waals surface area contributed by atoms with Crippen LogP contribution in [0.2, 0.25) is 0 Å². The van der Waals surface area contributed by atoms with Crippen molar-refractivity contribution < 1.29 is 4.74 Å². The second-order valence-corrected chi connectivity index (χ2v) is 5.65. The van der Waals surface area contributed by atoms with Gasteiger partial charge in [0, 0.05) is 0 Å². The second-order valence-electron chi connectivity index (χ2n) is 5.65. The van der Waals surface area contributed by atoms with Crippen LogP contribution in [0, 0.1) is 13.8 Å². The van der Waals surface area contributed by atoms with Gasteiger partial charge in [-0.15, -0.1) is 0 Å². The lowest BCUT2D eigenvalue weighted by atomic mass is 9.93. The molecule has 20 heavy (non-hydrogen) atoms. The van der Waals surface area contributed by atoms with Gasteiger partial charge >= 0.3 is 0 Å². The van der Waals surface area contributed by atoms with E-state index in [0.717, 1.165) is 11.3 Å². The van der Waals surface area contributed by atoms with Gasteiger partial charge in [0.2, 0.25) is 0 Å². The number of benzene rings is 2. The maximum absolute atomic E-state index is 6.41. The molecule has 1 atom stereocenters. The van der Waals surface area contributed by atoms with Crippen LogP contribution in [0.5, 0.6) is 5.75 Å². The van der Waals surface area contributed by atoms with E-state index in [2.05, 4.69) is 44.2 Å². The van der Waals surface area contributed by atoms with Gasteiger partial charge in [0.1, 0.15) is 5.75 Å². The molecule has 1 saturated carbocycles. The standard InChI is InChI=1S/C18H21NO/c1-12-4-3-5-17(13(12)2)18(19)14-6-8-15(9-7-14)20-16-10-11-16/h3-9,16,18H,10-11,19H2,1-2H3. The first-order valence-corrected chi connectivity index (χ1v) is 7.23. The number of nitrogens with two attached hydrogens (primary N) is 1. The van der Waals surface area contributed by atoms with Gasteiger partial charge in [0.15, 0.2) is 0 Å². The lowest BCUT2D eigenvalue weighted by molar-refractivity contribution is 0.303. The molecule has 1 aliphatic rings. The Morgan fingerprint density at radius 3 is 2.40 bits per heavy atom. The molecule has 0 amide bonds. The summed E-state index contributed by atoms with van der Waals surface area (Å²) < 4.78 is 5.77. The van der Waals surface area contributed by atoms with E-state index in [9.17, 15) is 0 Å². The zero-order valence-corrected chi connectivity index (χ0v) is 12.1. The molecule has 1 fully saturated rings. The number of hydrogen-bond donors (Lipinski definition) is 1. The lowest BCUT2D eigenvalue weighted by Gasteiger charge is -2.17. The number of aryl methyl sites for hydroxylation is 1. The zero-order chi connectivity index (χ0) is 14.1. The molecule has 2 heteroatoms. The minimum atomic E-state index is -0.0788. The minimum absolute atomic E-state index is 0.0788. The van der Waals surface area contributed by atoms with Crippen LogP contribution >= 0.6 is 0 Å². The van der Waals surface area contributed by atoms with Crippen LogP contribution < -0.4 is 10.5 Å². The Hall–Kier alpha value is -1.80. The van der Waals surface area contributed by atoms with Crippen LogP contribution in [0.3, 0.4) is 0 Å². The largest absolute Gasteiger partial charge is 0.490 e. The van der Waals surface area contributed by atoms with E-state index in [4.69, 9.17) is 10.5 Å². The minimum Gasteiger partial charge on any atom is -0.490 e. The molecule has 3 rings (SSSR count). The van der Waals surface area contributed by atoms with Crippen LogP contribution in [0.1, 0.15) is 41.1 Å². The van der Waals surface area contributed by atoms with Gasteiger partial charge in [-0.2, -0.15) is 0 Å². The highest BCUT2D eigenvalue weighted by Crippen LogP contribution is 2.29. The summed E-state index contributed by atoms with van der Waals surface area (Å²) in [5.41, 5.74) is 11.3. The predicted octanol–water partition coefficient (Wildman–Crippen LogP) is 3.89. The average Bonchev–Trinajstić information content (AvgIpc) is 3.26. The third-order valence-corrected chi connectivity index (χ3v) is 4.05. The molecule has 0 aliphatic heterocycles. The lowest BCUT2D eigenvalue weighted by Crippen LogP contribution is -2.13. The Morgan fingerprint density at radius 1 is 1.05 bits per heavy atom. The highest BCUT2D eigenvalue weighted by molar-refractivity contribution is 5.41. The van der Waals surface area contributed by atoms with Crippen molar-refractivity contribution in [1.82, 2.24) is 0 Å². The maximum atomic E-state index is 6.41. The van der Waals surface area contributed by atoms with Crippen LogP contribution in [0.25, 0.3) is 0 Å². The first-order valence-electron chi connectivity index (χ1n) is 7.23. The monoisotopic (exact) mass is 267 g/mol. The SMILES string of the molecule is Cc1cccc(C(N)c2ccc(OC3CC3)cc2)c1C.